The third-order valence-corrected chi connectivity index (χ3v) is 6.75. The molecule has 2 aromatic heterocycles. The van der Waals surface area contributed by atoms with E-state index >= 15 is 0 Å². The number of ether oxygens (including phenoxy) is 1. The minimum absolute atomic E-state index is 0.0232. The van der Waals surface area contributed by atoms with Gasteiger partial charge in [0.1, 0.15) is 17.4 Å². The predicted molar refractivity (Wildman–Crippen MR) is 158 cm³/mol. The summed E-state index contributed by atoms with van der Waals surface area (Å²) in [6, 6.07) is 30.5. The molecule has 0 spiro atoms. The van der Waals surface area contributed by atoms with Crippen molar-refractivity contribution < 1.29 is 18.6 Å². The van der Waals surface area contributed by atoms with Crippen molar-refractivity contribution in [2.45, 2.75) is 0 Å². The molecule has 0 aliphatic rings. The quantitative estimate of drug-likeness (QED) is 0.197. The molecule has 6 rings (SSSR count). The molecule has 0 saturated heterocycles. The Balaban J connectivity index is 1.43. The van der Waals surface area contributed by atoms with Crippen molar-refractivity contribution in [3.63, 3.8) is 0 Å². The molecule has 4 aromatic carbocycles. The molecule has 0 atom stereocenters. The van der Waals surface area contributed by atoms with E-state index in [-0.39, 0.29) is 5.75 Å². The molecule has 0 fully saturated rings. The molecule has 2 heterocycles. The number of hydrogen-bond donors (Lipinski definition) is 3. The highest BCUT2D eigenvalue weighted by Gasteiger charge is 2.16. The fourth-order valence-corrected chi connectivity index (χ4v) is 4.72. The highest BCUT2D eigenvalue weighted by atomic mass is 19.1. The van der Waals surface area contributed by atoms with Crippen LogP contribution in [0.25, 0.3) is 44.8 Å². The van der Waals surface area contributed by atoms with Crippen LogP contribution in [0.5, 0.6) is 17.2 Å². The minimum Gasteiger partial charge on any atom is -0.503 e. The Morgan fingerprint density at radius 2 is 1.10 bits per heavy atom. The van der Waals surface area contributed by atoms with E-state index in [1.165, 1.54) is 30.3 Å². The second-order valence-electron chi connectivity index (χ2n) is 9.53. The molecule has 0 unspecified atom stereocenters. The number of aromatic hydroxyl groups is 1. The van der Waals surface area contributed by atoms with Gasteiger partial charge in [-0.3, -0.25) is 9.59 Å². The standard InChI is InChI=1S/C34H22F2N2O4/c35-24-13-9-20(10-14-24)28-19-30(34(41)38-32(28)22-11-15-25(36)16-12-22)42-26-8-4-7-23(17-26)27-18-29(39)33(40)37-31(27)21-5-2-1-3-6-21/h1-19,39H,(H,37,40)(H,38,41). The average molecular weight is 561 g/mol. The summed E-state index contributed by atoms with van der Waals surface area (Å²) >= 11 is 0. The van der Waals surface area contributed by atoms with E-state index in [2.05, 4.69) is 9.97 Å². The number of halogens is 2. The lowest BCUT2D eigenvalue weighted by molar-refractivity contribution is 0.467. The molecule has 6 aromatic rings. The van der Waals surface area contributed by atoms with Gasteiger partial charge in [-0.2, -0.15) is 0 Å². The third-order valence-electron chi connectivity index (χ3n) is 6.75. The third kappa shape index (κ3) is 5.33. The summed E-state index contributed by atoms with van der Waals surface area (Å²) < 4.78 is 33.4. The van der Waals surface area contributed by atoms with E-state index in [1.807, 2.05) is 30.3 Å². The maximum absolute atomic E-state index is 13.7. The average Bonchev–Trinajstić information content (AvgIpc) is 3.01. The molecule has 206 valence electrons. The summed E-state index contributed by atoms with van der Waals surface area (Å²) in [6.45, 7) is 0. The molecule has 0 saturated carbocycles. The molecule has 3 N–H and O–H groups in total. The van der Waals surface area contributed by atoms with Crippen molar-refractivity contribution in [1.29, 1.82) is 0 Å². The Labute approximate surface area is 238 Å². The highest BCUT2D eigenvalue weighted by Crippen LogP contribution is 2.36. The first-order valence-electron chi connectivity index (χ1n) is 12.9. The van der Waals surface area contributed by atoms with Crippen LogP contribution >= 0.6 is 0 Å². The van der Waals surface area contributed by atoms with Crippen LogP contribution in [-0.2, 0) is 0 Å². The number of nitrogens with one attached hydrogen (secondary N) is 2. The Morgan fingerprint density at radius 1 is 0.548 bits per heavy atom. The van der Waals surface area contributed by atoms with E-state index < -0.39 is 28.5 Å². The first kappa shape index (κ1) is 26.5. The van der Waals surface area contributed by atoms with Crippen LogP contribution in [0, 0.1) is 11.6 Å². The van der Waals surface area contributed by atoms with Crippen LogP contribution in [0.15, 0.2) is 125 Å². The molecule has 8 heteroatoms. The normalized spacial score (nSPS) is 10.9. The number of pyridine rings is 2. The largest absolute Gasteiger partial charge is 0.503 e. The monoisotopic (exact) mass is 560 g/mol. The van der Waals surface area contributed by atoms with Gasteiger partial charge in [-0.05, 0) is 82.9 Å². The maximum atomic E-state index is 13.7. The van der Waals surface area contributed by atoms with Crippen molar-refractivity contribution in [2.24, 2.45) is 0 Å². The molecule has 42 heavy (non-hydrogen) atoms. The van der Waals surface area contributed by atoms with Crippen molar-refractivity contribution in [1.82, 2.24) is 9.97 Å². The summed E-state index contributed by atoms with van der Waals surface area (Å²) in [6.07, 6.45) is 0. The van der Waals surface area contributed by atoms with E-state index in [1.54, 1.807) is 54.6 Å². The van der Waals surface area contributed by atoms with Gasteiger partial charge in [-0.1, -0.05) is 54.6 Å². The summed E-state index contributed by atoms with van der Waals surface area (Å²) in [7, 11) is 0. The number of hydrogen-bond acceptors (Lipinski definition) is 4. The predicted octanol–water partition coefficient (Wildman–Crippen LogP) is 7.51. The lowest BCUT2D eigenvalue weighted by atomic mass is 9.98. The van der Waals surface area contributed by atoms with E-state index in [0.29, 0.717) is 45.0 Å². The first-order chi connectivity index (χ1) is 20.4. The van der Waals surface area contributed by atoms with Crippen LogP contribution < -0.4 is 15.9 Å². The van der Waals surface area contributed by atoms with Gasteiger partial charge in [0.2, 0.25) is 0 Å². The van der Waals surface area contributed by atoms with Crippen LogP contribution in [0.1, 0.15) is 0 Å². The zero-order valence-electron chi connectivity index (χ0n) is 21.9. The van der Waals surface area contributed by atoms with Crippen LogP contribution in [0.4, 0.5) is 8.78 Å². The van der Waals surface area contributed by atoms with Crippen LogP contribution in [0.2, 0.25) is 0 Å². The smallest absolute Gasteiger partial charge is 0.291 e. The zero-order chi connectivity index (χ0) is 29.2. The molecule has 0 amide bonds. The number of H-pyrrole nitrogens is 2. The van der Waals surface area contributed by atoms with Gasteiger partial charge >= 0.3 is 0 Å². The highest BCUT2D eigenvalue weighted by molar-refractivity contribution is 5.83. The van der Waals surface area contributed by atoms with Gasteiger partial charge in [0.25, 0.3) is 11.1 Å². The van der Waals surface area contributed by atoms with Gasteiger partial charge in [0.05, 0.1) is 11.4 Å². The number of benzene rings is 4. The van der Waals surface area contributed by atoms with Gasteiger partial charge < -0.3 is 19.8 Å². The zero-order valence-corrected chi connectivity index (χ0v) is 21.9. The summed E-state index contributed by atoms with van der Waals surface area (Å²) in [5, 5.41) is 10.2. The molecule has 0 aliphatic carbocycles. The Bertz CT molecular complexity index is 2020. The van der Waals surface area contributed by atoms with Gasteiger partial charge in [-0.25, -0.2) is 8.78 Å². The second-order valence-corrected chi connectivity index (χ2v) is 9.53. The van der Waals surface area contributed by atoms with Crippen molar-refractivity contribution in [2.75, 3.05) is 0 Å². The van der Waals surface area contributed by atoms with Crippen LogP contribution in [-0.4, -0.2) is 15.1 Å². The van der Waals surface area contributed by atoms with Gasteiger partial charge in [0.15, 0.2) is 11.5 Å². The minimum atomic E-state index is -0.619. The lowest BCUT2D eigenvalue weighted by Crippen LogP contribution is -2.11. The molecule has 0 bridgehead atoms. The summed E-state index contributed by atoms with van der Waals surface area (Å²) in [4.78, 5) is 31.0. The SMILES string of the molecule is O=c1[nH]c(-c2ccccc2)c(-c2cccc(Oc3cc(-c4ccc(F)cc4)c(-c4ccc(F)cc4)[nH]c3=O)c2)cc1O. The second kappa shape index (κ2) is 11.0. The topological polar surface area (TPSA) is 95.2 Å². The van der Waals surface area contributed by atoms with E-state index in [9.17, 15) is 23.5 Å². The number of aromatic amines is 2. The molecule has 6 nitrogen and oxygen atoms in total. The number of aromatic nitrogens is 2. The molecule has 0 aliphatic heterocycles. The lowest BCUT2D eigenvalue weighted by Gasteiger charge is -2.14. The molecular weight excluding hydrogens is 538 g/mol. The van der Waals surface area contributed by atoms with Crippen molar-refractivity contribution in [3.8, 4) is 62.0 Å². The molecule has 0 radical (unpaired) electrons. The Morgan fingerprint density at radius 3 is 1.76 bits per heavy atom. The molecular formula is C34H22F2N2O4. The first-order valence-corrected chi connectivity index (χ1v) is 12.9. The van der Waals surface area contributed by atoms with E-state index in [0.717, 1.165) is 5.56 Å². The number of rotatable bonds is 6. The van der Waals surface area contributed by atoms with Crippen molar-refractivity contribution >= 4 is 0 Å². The summed E-state index contributed by atoms with van der Waals surface area (Å²) in [5.74, 6) is -0.974. The van der Waals surface area contributed by atoms with E-state index in [4.69, 9.17) is 4.74 Å². The summed E-state index contributed by atoms with van der Waals surface area (Å²) in [5.41, 5.74) is 3.42. The fourth-order valence-electron chi connectivity index (χ4n) is 4.72. The van der Waals surface area contributed by atoms with Crippen LogP contribution in [0.3, 0.4) is 0 Å². The maximum Gasteiger partial charge on any atom is 0.291 e. The van der Waals surface area contributed by atoms with Gasteiger partial charge in [0, 0.05) is 11.1 Å². The van der Waals surface area contributed by atoms with Gasteiger partial charge in [-0.15, -0.1) is 0 Å². The van der Waals surface area contributed by atoms with Crippen molar-refractivity contribution in [3.05, 3.63) is 148 Å². The Hall–Kier alpha value is -5.76. The fraction of sp³-hybridized carbons (Fsp3) is 0. The Kier molecular flexibility index (Phi) is 6.94.